The number of aliphatic hydroxyl groups is 1. The molecule has 2 aromatic carbocycles. The van der Waals surface area contributed by atoms with Gasteiger partial charge in [-0.05, 0) is 99.7 Å². The highest BCUT2D eigenvalue weighted by Gasteiger charge is 2.28. The lowest BCUT2D eigenvalue weighted by Crippen LogP contribution is -2.49. The van der Waals surface area contributed by atoms with Gasteiger partial charge in [-0.15, -0.1) is 6.58 Å². The lowest BCUT2D eigenvalue weighted by Gasteiger charge is -2.40. The van der Waals surface area contributed by atoms with E-state index in [-0.39, 0.29) is 30.0 Å². The number of piperidine rings is 2. The van der Waals surface area contributed by atoms with Crippen molar-refractivity contribution in [3.8, 4) is 5.82 Å². The van der Waals surface area contributed by atoms with Crippen LogP contribution in [0.4, 0.5) is 28.7 Å². The third kappa shape index (κ3) is 8.46. The molecule has 15 heteroatoms. The Morgan fingerprint density at radius 3 is 2.19 bits per heavy atom. The van der Waals surface area contributed by atoms with Crippen molar-refractivity contribution in [2.24, 2.45) is 5.92 Å². The van der Waals surface area contributed by atoms with Gasteiger partial charge in [-0.2, -0.15) is 4.98 Å². The zero-order valence-corrected chi connectivity index (χ0v) is 33.1. The van der Waals surface area contributed by atoms with Gasteiger partial charge < -0.3 is 25.5 Å². The minimum atomic E-state index is -1.16. The molecule has 0 aliphatic carbocycles. The summed E-state index contributed by atoms with van der Waals surface area (Å²) in [6, 6.07) is 21.5. The molecule has 1 atom stereocenters. The van der Waals surface area contributed by atoms with Gasteiger partial charge in [0.05, 0.1) is 12.2 Å². The Kier molecular flexibility index (Phi) is 11.0. The van der Waals surface area contributed by atoms with Gasteiger partial charge in [-0.3, -0.25) is 24.6 Å². The van der Waals surface area contributed by atoms with Crippen molar-refractivity contribution in [2.75, 3.05) is 66.2 Å². The molecule has 0 bridgehead atoms. The summed E-state index contributed by atoms with van der Waals surface area (Å²) < 4.78 is 3.17. The van der Waals surface area contributed by atoms with Crippen molar-refractivity contribution in [1.29, 1.82) is 0 Å². The first kappa shape index (κ1) is 38.8. The number of carbonyl (C=O) groups excluding carboxylic acids is 2. The zero-order valence-electron chi connectivity index (χ0n) is 33.1. The van der Waals surface area contributed by atoms with E-state index < -0.39 is 5.60 Å². The summed E-state index contributed by atoms with van der Waals surface area (Å²) in [5.41, 5.74) is 3.53. The minimum Gasteiger partial charge on any atom is -0.384 e. The molecule has 6 heterocycles. The number of aromatic nitrogens is 5. The molecule has 3 fully saturated rings. The molecular weight excluding hydrogens is 735 g/mol. The summed E-state index contributed by atoms with van der Waals surface area (Å²) in [6.07, 6.45) is 6.37. The number of hydrogen-bond donors (Lipinski definition) is 4. The predicted octanol–water partition coefficient (Wildman–Crippen LogP) is 4.39. The second-order valence-electron chi connectivity index (χ2n) is 15.9. The first-order valence-electron chi connectivity index (χ1n) is 20.1. The average molecular weight is 786 g/mol. The van der Waals surface area contributed by atoms with Crippen molar-refractivity contribution < 1.29 is 14.7 Å². The van der Waals surface area contributed by atoms with Crippen LogP contribution in [0.15, 0.2) is 90.4 Å². The molecule has 1 unspecified atom stereocenters. The third-order valence-electron chi connectivity index (χ3n) is 11.4. The van der Waals surface area contributed by atoms with Crippen molar-refractivity contribution in [1.82, 2.24) is 34.5 Å². The van der Waals surface area contributed by atoms with Gasteiger partial charge in [0.15, 0.2) is 11.5 Å². The maximum Gasteiger partial charge on any atom is 0.278 e. The highest BCUT2D eigenvalue weighted by atomic mass is 16.3. The van der Waals surface area contributed by atoms with E-state index in [4.69, 9.17) is 4.98 Å². The van der Waals surface area contributed by atoms with E-state index in [0.717, 1.165) is 70.0 Å². The number of benzene rings is 2. The molecule has 3 aliphatic rings. The largest absolute Gasteiger partial charge is 0.384 e. The summed E-state index contributed by atoms with van der Waals surface area (Å²) in [5.74, 6) is 1.01. The highest BCUT2D eigenvalue weighted by Crippen LogP contribution is 2.28. The van der Waals surface area contributed by atoms with Gasteiger partial charge in [0.1, 0.15) is 17.0 Å². The van der Waals surface area contributed by atoms with Crippen LogP contribution in [0.3, 0.4) is 0 Å². The summed E-state index contributed by atoms with van der Waals surface area (Å²) >= 11 is 0. The van der Waals surface area contributed by atoms with E-state index in [0.29, 0.717) is 47.3 Å². The Hall–Kier alpha value is -6.06. The van der Waals surface area contributed by atoms with Gasteiger partial charge >= 0.3 is 0 Å². The lowest BCUT2D eigenvalue weighted by molar-refractivity contribution is -0.133. The second kappa shape index (κ2) is 16.4. The van der Waals surface area contributed by atoms with Gasteiger partial charge in [-0.1, -0.05) is 12.1 Å². The Morgan fingerprint density at radius 1 is 0.862 bits per heavy atom. The summed E-state index contributed by atoms with van der Waals surface area (Å²) in [7, 11) is 0. The quantitative estimate of drug-likeness (QED) is 0.104. The van der Waals surface area contributed by atoms with Crippen LogP contribution in [0.25, 0.3) is 16.9 Å². The number of pyridine rings is 1. The molecule has 3 saturated heterocycles. The monoisotopic (exact) mass is 785 g/mol. The SMILES string of the molecule is C=CCn1c(=O)c2cnc(Nc3ccc(N4CCN(CC5CCN(c6ccc(NC7CCC(=O)NC7=O)cc6)CC5)CC4)cc3)nc2n1-c1cccc(C(C)(C)O)n1. The van der Waals surface area contributed by atoms with Crippen LogP contribution in [0.2, 0.25) is 0 Å². The molecule has 302 valence electrons. The molecule has 4 N–H and O–H groups in total. The minimum absolute atomic E-state index is 0.206. The molecule has 8 rings (SSSR count). The van der Waals surface area contributed by atoms with Crippen molar-refractivity contribution in [3.63, 3.8) is 0 Å². The Labute approximate surface area is 337 Å². The number of imide groups is 1. The maximum atomic E-state index is 13.4. The average Bonchev–Trinajstić information content (AvgIpc) is 3.49. The molecule has 0 radical (unpaired) electrons. The molecule has 15 nitrogen and oxygen atoms in total. The van der Waals surface area contributed by atoms with Crippen molar-refractivity contribution >= 4 is 51.5 Å². The molecule has 5 aromatic rings. The number of allylic oxidation sites excluding steroid dienone is 1. The normalized spacial score (nSPS) is 18.4. The van der Waals surface area contributed by atoms with Crippen LogP contribution < -0.4 is 31.3 Å². The number of nitrogens with zero attached hydrogens (tertiary/aromatic N) is 8. The number of nitrogens with one attached hydrogen (secondary N) is 3. The Bertz CT molecular complexity index is 2330. The van der Waals surface area contributed by atoms with E-state index in [9.17, 15) is 19.5 Å². The predicted molar refractivity (Wildman–Crippen MR) is 226 cm³/mol. The van der Waals surface area contributed by atoms with Crippen LogP contribution in [0, 0.1) is 5.92 Å². The first-order valence-corrected chi connectivity index (χ1v) is 20.1. The van der Waals surface area contributed by atoms with Crippen molar-refractivity contribution in [3.05, 3.63) is 102 Å². The van der Waals surface area contributed by atoms with E-state index in [1.54, 1.807) is 42.8 Å². The molecular formula is C43H51N11O4. The number of amides is 2. The number of rotatable bonds is 12. The molecule has 0 spiro atoms. The van der Waals surface area contributed by atoms with Crippen LogP contribution in [0.1, 0.15) is 45.2 Å². The van der Waals surface area contributed by atoms with Gasteiger partial charge in [0, 0.05) is 81.2 Å². The zero-order chi connectivity index (χ0) is 40.4. The summed E-state index contributed by atoms with van der Waals surface area (Å²) in [6.45, 7) is 14.6. The van der Waals surface area contributed by atoms with E-state index in [2.05, 4.69) is 71.5 Å². The van der Waals surface area contributed by atoms with Gasteiger partial charge in [-0.25, -0.2) is 19.3 Å². The molecule has 0 saturated carbocycles. The molecule has 58 heavy (non-hydrogen) atoms. The van der Waals surface area contributed by atoms with E-state index in [1.165, 1.54) is 22.3 Å². The third-order valence-corrected chi connectivity index (χ3v) is 11.4. The van der Waals surface area contributed by atoms with Crippen LogP contribution in [-0.2, 0) is 21.7 Å². The highest BCUT2D eigenvalue weighted by molar-refractivity contribution is 6.01. The fourth-order valence-electron chi connectivity index (χ4n) is 8.10. The number of carbonyl (C=O) groups is 2. The number of piperazine rings is 1. The molecule has 3 aliphatic heterocycles. The first-order chi connectivity index (χ1) is 28.0. The second-order valence-corrected chi connectivity index (χ2v) is 15.9. The van der Waals surface area contributed by atoms with E-state index >= 15 is 0 Å². The maximum absolute atomic E-state index is 13.4. The number of hydrogen-bond acceptors (Lipinski definition) is 12. The van der Waals surface area contributed by atoms with Crippen LogP contribution >= 0.6 is 0 Å². The lowest BCUT2D eigenvalue weighted by atomic mass is 9.95. The van der Waals surface area contributed by atoms with Gasteiger partial charge in [0.25, 0.3) is 5.56 Å². The fourth-order valence-corrected chi connectivity index (χ4v) is 8.10. The smallest absolute Gasteiger partial charge is 0.278 e. The topological polar surface area (TPSA) is 166 Å². The van der Waals surface area contributed by atoms with Crippen LogP contribution in [-0.4, -0.2) is 98.0 Å². The molecule has 3 aromatic heterocycles. The Morgan fingerprint density at radius 2 is 1.53 bits per heavy atom. The summed E-state index contributed by atoms with van der Waals surface area (Å²) in [5, 5.41) is 19.9. The van der Waals surface area contributed by atoms with Crippen LogP contribution in [0.5, 0.6) is 0 Å². The Balaban J connectivity index is 0.832. The summed E-state index contributed by atoms with van der Waals surface area (Å²) in [4.78, 5) is 58.3. The van der Waals surface area contributed by atoms with E-state index in [1.807, 2.05) is 24.3 Å². The fraction of sp³-hybridized carbons (Fsp3) is 0.395. The number of anilines is 5. The van der Waals surface area contributed by atoms with Gasteiger partial charge in [0.2, 0.25) is 17.8 Å². The standard InChI is InChI=1S/C43H51N11O4/c1-4-20-53-41(57)34-27-44-42(49-39(34)54(53)37-7-5-6-36(47-37)43(2,3)58)46-31-10-14-33(15-11-31)52-25-23-50(24-26-52)28-29-18-21-51(22-19-29)32-12-8-30(9-13-32)45-35-16-17-38(55)48-40(35)56/h4-15,27,29,35,45,58H,1,16-26,28H2,2-3H3,(H,44,46,49)(H,48,55,56). The van der Waals surface area contributed by atoms with Crippen molar-refractivity contribution in [2.45, 2.75) is 57.7 Å². The molecule has 2 amide bonds. The number of fused-ring (bicyclic) bond motifs is 1.